The van der Waals surface area contributed by atoms with E-state index in [0.717, 1.165) is 29.3 Å². The molecular formula is C14H22ClN3. The predicted octanol–water partition coefficient (Wildman–Crippen LogP) is 3.14. The first-order valence-corrected chi connectivity index (χ1v) is 7.07. The van der Waals surface area contributed by atoms with Crippen molar-refractivity contribution in [3.05, 3.63) is 28.1 Å². The van der Waals surface area contributed by atoms with Crippen LogP contribution >= 0.6 is 11.6 Å². The van der Waals surface area contributed by atoms with E-state index in [4.69, 9.17) is 17.3 Å². The first-order valence-electron chi connectivity index (χ1n) is 6.69. The molecule has 0 saturated carbocycles. The van der Waals surface area contributed by atoms with Gasteiger partial charge in [0.2, 0.25) is 0 Å². The van der Waals surface area contributed by atoms with Crippen LogP contribution < -0.4 is 5.73 Å². The van der Waals surface area contributed by atoms with Crippen molar-refractivity contribution in [3.63, 3.8) is 0 Å². The van der Waals surface area contributed by atoms with E-state index in [0.29, 0.717) is 0 Å². The Kier molecular flexibility index (Phi) is 4.46. The number of aryl methyl sites for hydroxylation is 2. The van der Waals surface area contributed by atoms with Gasteiger partial charge in [0.1, 0.15) is 0 Å². The van der Waals surface area contributed by atoms with Gasteiger partial charge in [-0.05, 0) is 39.0 Å². The molecule has 1 atom stereocenters. The molecule has 1 aliphatic rings. The molecule has 1 aliphatic carbocycles. The fraction of sp³-hybridized carbons (Fsp3) is 0.643. The van der Waals surface area contributed by atoms with Crippen LogP contribution in [0.25, 0.3) is 0 Å². The summed E-state index contributed by atoms with van der Waals surface area (Å²) in [5.74, 6) is 0. The summed E-state index contributed by atoms with van der Waals surface area (Å²) in [5.41, 5.74) is 9.70. The van der Waals surface area contributed by atoms with Gasteiger partial charge in [0.25, 0.3) is 0 Å². The molecule has 0 aliphatic heterocycles. The van der Waals surface area contributed by atoms with Crippen molar-refractivity contribution in [3.8, 4) is 0 Å². The number of rotatable bonds is 4. The third-order valence-electron chi connectivity index (χ3n) is 3.63. The fourth-order valence-electron chi connectivity index (χ4n) is 2.65. The molecule has 0 amide bonds. The molecule has 1 unspecified atom stereocenters. The van der Waals surface area contributed by atoms with Crippen molar-refractivity contribution in [2.75, 3.05) is 0 Å². The second-order valence-corrected chi connectivity index (χ2v) is 5.62. The van der Waals surface area contributed by atoms with Crippen LogP contribution in [0.5, 0.6) is 0 Å². The van der Waals surface area contributed by atoms with Crippen LogP contribution in [0.15, 0.2) is 11.6 Å². The lowest BCUT2D eigenvalue weighted by Gasteiger charge is -2.17. The summed E-state index contributed by atoms with van der Waals surface area (Å²) in [6, 6.07) is 0.140. The first kappa shape index (κ1) is 13.6. The number of allylic oxidation sites excluding steroid dienone is 1. The molecule has 1 heterocycles. The number of hydrogen-bond acceptors (Lipinski definition) is 2. The highest BCUT2D eigenvalue weighted by atomic mass is 35.5. The van der Waals surface area contributed by atoms with Crippen LogP contribution in [0.2, 0.25) is 5.02 Å². The second kappa shape index (κ2) is 5.89. The summed E-state index contributed by atoms with van der Waals surface area (Å²) < 4.78 is 1.85. The van der Waals surface area contributed by atoms with E-state index in [9.17, 15) is 0 Å². The molecular weight excluding hydrogens is 246 g/mol. The van der Waals surface area contributed by atoms with Gasteiger partial charge >= 0.3 is 0 Å². The summed E-state index contributed by atoms with van der Waals surface area (Å²) in [6.45, 7) is 1.93. The van der Waals surface area contributed by atoms with Crippen molar-refractivity contribution in [2.24, 2.45) is 12.8 Å². The van der Waals surface area contributed by atoms with E-state index in [2.05, 4.69) is 11.2 Å². The summed E-state index contributed by atoms with van der Waals surface area (Å²) in [5, 5.41) is 5.09. The Morgan fingerprint density at radius 1 is 1.44 bits per heavy atom. The van der Waals surface area contributed by atoms with Crippen LogP contribution in [0.3, 0.4) is 0 Å². The highest BCUT2D eigenvalue weighted by molar-refractivity contribution is 6.31. The molecule has 0 fully saturated rings. The molecule has 0 radical (unpaired) electrons. The average Bonchev–Trinajstić information content (AvgIpc) is 2.57. The first-order chi connectivity index (χ1) is 8.58. The van der Waals surface area contributed by atoms with E-state index in [-0.39, 0.29) is 6.04 Å². The Morgan fingerprint density at radius 2 is 2.22 bits per heavy atom. The Balaban J connectivity index is 1.98. The topological polar surface area (TPSA) is 43.8 Å². The molecule has 2 N–H and O–H groups in total. The maximum atomic E-state index is 6.25. The van der Waals surface area contributed by atoms with Gasteiger partial charge < -0.3 is 5.73 Å². The molecule has 0 saturated heterocycles. The molecule has 2 rings (SSSR count). The standard InChI is InChI=1S/C14H22ClN3/c1-10-14(15)13(18(2)17-10)9-12(16)8-11-6-4-3-5-7-11/h6,12H,3-5,7-9,16H2,1-2H3. The minimum atomic E-state index is 0.140. The molecule has 1 aromatic rings. The van der Waals surface area contributed by atoms with E-state index in [1.165, 1.54) is 31.3 Å². The van der Waals surface area contributed by atoms with Gasteiger partial charge in [-0.15, -0.1) is 0 Å². The SMILES string of the molecule is Cc1nn(C)c(CC(N)CC2=CCCCC2)c1Cl. The largest absolute Gasteiger partial charge is 0.327 e. The monoisotopic (exact) mass is 267 g/mol. The third-order valence-corrected chi connectivity index (χ3v) is 4.12. The number of hydrogen-bond donors (Lipinski definition) is 1. The average molecular weight is 268 g/mol. The maximum absolute atomic E-state index is 6.25. The molecule has 0 bridgehead atoms. The zero-order chi connectivity index (χ0) is 13.1. The van der Waals surface area contributed by atoms with E-state index in [1.807, 2.05) is 18.7 Å². The highest BCUT2D eigenvalue weighted by Crippen LogP contribution is 2.24. The van der Waals surface area contributed by atoms with Crippen molar-refractivity contribution in [1.29, 1.82) is 0 Å². The van der Waals surface area contributed by atoms with Gasteiger partial charge in [-0.25, -0.2) is 0 Å². The van der Waals surface area contributed by atoms with Gasteiger partial charge in [0.15, 0.2) is 0 Å². The van der Waals surface area contributed by atoms with Crippen molar-refractivity contribution >= 4 is 11.6 Å². The molecule has 100 valence electrons. The van der Waals surface area contributed by atoms with E-state index >= 15 is 0 Å². The maximum Gasteiger partial charge on any atom is 0.0847 e. The van der Waals surface area contributed by atoms with Gasteiger partial charge in [-0.2, -0.15) is 5.10 Å². The summed E-state index contributed by atoms with van der Waals surface area (Å²) in [4.78, 5) is 0. The molecule has 0 spiro atoms. The van der Waals surface area contributed by atoms with Crippen molar-refractivity contribution < 1.29 is 0 Å². The Hall–Kier alpha value is -0.800. The zero-order valence-corrected chi connectivity index (χ0v) is 12.0. The van der Waals surface area contributed by atoms with Crippen LogP contribution in [0.1, 0.15) is 43.5 Å². The zero-order valence-electron chi connectivity index (χ0n) is 11.2. The summed E-state index contributed by atoms with van der Waals surface area (Å²) >= 11 is 6.25. The van der Waals surface area contributed by atoms with Crippen molar-refractivity contribution in [2.45, 2.75) is 51.5 Å². The van der Waals surface area contributed by atoms with Gasteiger partial charge in [-0.1, -0.05) is 23.3 Å². The summed E-state index contributed by atoms with van der Waals surface area (Å²) in [7, 11) is 1.93. The predicted molar refractivity (Wildman–Crippen MR) is 75.8 cm³/mol. The lowest BCUT2D eigenvalue weighted by Crippen LogP contribution is -2.25. The minimum absolute atomic E-state index is 0.140. The van der Waals surface area contributed by atoms with Crippen molar-refractivity contribution in [1.82, 2.24) is 9.78 Å². The van der Waals surface area contributed by atoms with E-state index in [1.54, 1.807) is 0 Å². The van der Waals surface area contributed by atoms with Crippen LogP contribution in [0.4, 0.5) is 0 Å². The Bertz CT molecular complexity index is 448. The Labute approximate surface area is 114 Å². The summed E-state index contributed by atoms with van der Waals surface area (Å²) in [6.07, 6.45) is 9.21. The van der Waals surface area contributed by atoms with Gasteiger partial charge in [0.05, 0.1) is 16.4 Å². The number of nitrogens with two attached hydrogens (primary N) is 1. The van der Waals surface area contributed by atoms with Gasteiger partial charge in [0, 0.05) is 19.5 Å². The molecule has 4 heteroatoms. The lowest BCUT2D eigenvalue weighted by atomic mass is 9.93. The highest BCUT2D eigenvalue weighted by Gasteiger charge is 2.16. The van der Waals surface area contributed by atoms with Crippen LogP contribution in [-0.4, -0.2) is 15.8 Å². The Morgan fingerprint density at radius 3 is 2.78 bits per heavy atom. The molecule has 18 heavy (non-hydrogen) atoms. The second-order valence-electron chi connectivity index (χ2n) is 5.25. The molecule has 1 aromatic heterocycles. The quantitative estimate of drug-likeness (QED) is 0.852. The minimum Gasteiger partial charge on any atom is -0.327 e. The molecule has 0 aromatic carbocycles. The smallest absolute Gasteiger partial charge is 0.0847 e. The van der Waals surface area contributed by atoms with Crippen LogP contribution in [-0.2, 0) is 13.5 Å². The van der Waals surface area contributed by atoms with Crippen LogP contribution in [0, 0.1) is 6.92 Å². The number of halogens is 1. The lowest BCUT2D eigenvalue weighted by molar-refractivity contribution is 0.581. The van der Waals surface area contributed by atoms with Gasteiger partial charge in [-0.3, -0.25) is 4.68 Å². The fourth-order valence-corrected chi connectivity index (χ4v) is 2.89. The molecule has 3 nitrogen and oxygen atoms in total. The number of nitrogens with zero attached hydrogens (tertiary/aromatic N) is 2. The van der Waals surface area contributed by atoms with E-state index < -0.39 is 0 Å². The number of aromatic nitrogens is 2. The third kappa shape index (κ3) is 3.15. The normalized spacial score (nSPS) is 17.7.